The minimum Gasteiger partial charge on any atom is -0.539 e. The zero-order chi connectivity index (χ0) is 22.7. The number of anilines is 2. The number of nitrogens with two attached hydrogens (primary N) is 1. The molecule has 0 bridgehead atoms. The number of hydrogen-bond donors (Lipinski definition) is 2. The number of hydrogen-bond acceptors (Lipinski definition) is 9. The van der Waals surface area contributed by atoms with E-state index in [2.05, 4.69) is 20.1 Å². The van der Waals surface area contributed by atoms with E-state index in [0.717, 1.165) is 16.4 Å². The minimum absolute atomic E-state index is 0.0603. The van der Waals surface area contributed by atoms with E-state index < -0.39 is 11.9 Å². The van der Waals surface area contributed by atoms with Crippen molar-refractivity contribution in [2.45, 2.75) is 5.03 Å². The molecule has 0 aliphatic rings. The maximum absolute atomic E-state index is 12.4. The van der Waals surface area contributed by atoms with Crippen molar-refractivity contribution in [3.8, 4) is 29.3 Å². The highest BCUT2D eigenvalue weighted by Crippen LogP contribution is 2.36. The van der Waals surface area contributed by atoms with E-state index in [1.807, 2.05) is 12.1 Å². The number of benzene rings is 1. The van der Waals surface area contributed by atoms with Gasteiger partial charge in [0.15, 0.2) is 13.0 Å². The molecular weight excluding hydrogens is 465 g/mol. The summed E-state index contributed by atoms with van der Waals surface area (Å²) in [6, 6.07) is 8.36. The number of nitrogen functional groups attached to an aromatic ring is 1. The lowest BCUT2D eigenvalue weighted by atomic mass is 10.0. The number of carbonyl (C=O) groups is 1. The van der Waals surface area contributed by atoms with Gasteiger partial charge in [-0.25, -0.2) is 4.98 Å². The van der Waals surface area contributed by atoms with E-state index >= 15 is 0 Å². The molecule has 0 saturated carbocycles. The Balaban J connectivity index is 1.94. The summed E-state index contributed by atoms with van der Waals surface area (Å²) >= 11 is 12.8. The van der Waals surface area contributed by atoms with Crippen LogP contribution in [0, 0.1) is 22.7 Å². The third kappa shape index (κ3) is 4.49. The second kappa shape index (κ2) is 9.10. The predicted molar refractivity (Wildman–Crippen MR) is 110 cm³/mol. The molecule has 2 heterocycles. The molecule has 13 heteroatoms. The monoisotopic (exact) mass is 475 g/mol. The molecule has 0 radical (unpaired) electrons. The Morgan fingerprint density at radius 3 is 2.65 bits per heavy atom. The van der Waals surface area contributed by atoms with Gasteiger partial charge in [0, 0.05) is 5.02 Å². The van der Waals surface area contributed by atoms with E-state index in [9.17, 15) is 20.4 Å². The number of nitrogens with one attached hydrogen (secondary N) is 1. The highest BCUT2D eigenvalue weighted by Gasteiger charge is 2.29. The molecule has 31 heavy (non-hydrogen) atoms. The third-order valence-corrected chi connectivity index (χ3v) is 5.48. The first-order chi connectivity index (χ1) is 14.8. The Kier molecular flexibility index (Phi) is 6.51. The molecule has 156 valence electrons. The van der Waals surface area contributed by atoms with Crippen molar-refractivity contribution >= 4 is 52.4 Å². The number of aryl methyl sites for hydroxylation is 1. The lowest BCUT2D eigenvalue weighted by molar-refractivity contribution is -0.730. The normalized spacial score (nSPS) is 10.4. The smallest absolute Gasteiger partial charge is 0.266 e. The predicted octanol–water partition coefficient (Wildman–Crippen LogP) is 2.00. The molecule has 1 aromatic carbocycles. The van der Waals surface area contributed by atoms with Crippen LogP contribution < -0.4 is 20.8 Å². The summed E-state index contributed by atoms with van der Waals surface area (Å²) in [6.07, 6.45) is 0. The van der Waals surface area contributed by atoms with Gasteiger partial charge in [-0.3, -0.25) is 4.79 Å². The Morgan fingerprint density at radius 2 is 2.06 bits per heavy atom. The fraction of sp³-hybridized carbons (Fsp3) is 0.111. The lowest BCUT2D eigenvalue weighted by Crippen LogP contribution is -2.32. The topological polar surface area (TPSA) is 169 Å². The number of thioether (sulfide) groups is 1. The SMILES string of the molecule is C[n+]1noc([O-])c1-c1c(C#N)c(N)nc(SCC(=O)Nc2ccc(Cl)cc2Cl)c1C#N. The second-order valence-electron chi connectivity index (χ2n) is 5.94. The van der Waals surface area contributed by atoms with Gasteiger partial charge in [0.2, 0.25) is 5.91 Å². The molecule has 0 unspecified atom stereocenters. The molecule has 0 aliphatic heterocycles. The molecule has 0 aliphatic carbocycles. The molecular formula is C18H11Cl2N7O3S. The molecule has 0 spiro atoms. The summed E-state index contributed by atoms with van der Waals surface area (Å²) < 4.78 is 5.68. The van der Waals surface area contributed by atoms with Crippen LogP contribution in [0.4, 0.5) is 11.5 Å². The van der Waals surface area contributed by atoms with Gasteiger partial charge in [0.05, 0.1) is 32.9 Å². The Morgan fingerprint density at radius 1 is 1.35 bits per heavy atom. The Hall–Kier alpha value is -3.51. The van der Waals surface area contributed by atoms with Gasteiger partial charge in [-0.05, 0) is 18.2 Å². The van der Waals surface area contributed by atoms with Crippen molar-refractivity contribution < 1.29 is 19.1 Å². The Bertz CT molecular complexity index is 1260. The van der Waals surface area contributed by atoms with Crippen LogP contribution in [0.2, 0.25) is 10.0 Å². The van der Waals surface area contributed by atoms with Crippen LogP contribution in [0.1, 0.15) is 11.1 Å². The molecule has 0 fully saturated rings. The number of nitriles is 2. The Labute approximate surface area is 189 Å². The number of halogens is 2. The zero-order valence-electron chi connectivity index (χ0n) is 15.6. The molecule has 3 N–H and O–H groups in total. The van der Waals surface area contributed by atoms with Gasteiger partial charge in [0.1, 0.15) is 28.5 Å². The summed E-state index contributed by atoms with van der Waals surface area (Å²) in [7, 11) is 1.41. The van der Waals surface area contributed by atoms with Crippen LogP contribution in [-0.2, 0) is 11.8 Å². The maximum Gasteiger partial charge on any atom is 0.266 e. The second-order valence-corrected chi connectivity index (χ2v) is 7.75. The van der Waals surface area contributed by atoms with Crippen molar-refractivity contribution in [3.05, 3.63) is 39.4 Å². The number of carbonyl (C=O) groups excluding carboxylic acids is 1. The molecule has 2 aromatic heterocycles. The summed E-state index contributed by atoms with van der Waals surface area (Å²) in [5.74, 6) is -1.66. The third-order valence-electron chi connectivity index (χ3n) is 3.96. The van der Waals surface area contributed by atoms with Gasteiger partial charge in [-0.15, -0.1) is 0 Å². The average Bonchev–Trinajstić information content (AvgIpc) is 3.05. The van der Waals surface area contributed by atoms with Gasteiger partial charge < -0.3 is 20.7 Å². The van der Waals surface area contributed by atoms with Crippen molar-refractivity contribution in [1.82, 2.24) is 10.3 Å². The number of nitrogens with zero attached hydrogens (tertiary/aromatic N) is 5. The van der Waals surface area contributed by atoms with Crippen LogP contribution in [0.15, 0.2) is 27.7 Å². The largest absolute Gasteiger partial charge is 0.539 e. The summed E-state index contributed by atoms with van der Waals surface area (Å²) in [6.45, 7) is 0. The van der Waals surface area contributed by atoms with E-state index in [0.29, 0.717) is 10.7 Å². The van der Waals surface area contributed by atoms with E-state index in [1.54, 1.807) is 12.1 Å². The fourth-order valence-electron chi connectivity index (χ4n) is 2.63. The summed E-state index contributed by atoms with van der Waals surface area (Å²) in [5.41, 5.74) is 5.76. The van der Waals surface area contributed by atoms with Crippen molar-refractivity contribution in [1.29, 1.82) is 10.5 Å². The standard InChI is InChI=1S/C18H11Cl2N7O3S/c1-27-15(18(29)30-26-27)14-9(5-21)16(23)25-17(10(14)6-22)31-7-13(28)24-12-3-2-8(19)4-11(12)20/h2-4H,7H2,1H3,(H3-,23,24,25,26,28,29). The summed E-state index contributed by atoms with van der Waals surface area (Å²) in [4.78, 5) is 16.4. The molecule has 1 amide bonds. The van der Waals surface area contributed by atoms with E-state index in [-0.39, 0.29) is 44.0 Å². The van der Waals surface area contributed by atoms with Gasteiger partial charge in [-0.1, -0.05) is 39.6 Å². The average molecular weight is 476 g/mol. The number of pyridine rings is 1. The zero-order valence-corrected chi connectivity index (χ0v) is 18.0. The van der Waals surface area contributed by atoms with E-state index in [1.165, 1.54) is 13.1 Å². The van der Waals surface area contributed by atoms with Crippen LogP contribution in [0.5, 0.6) is 5.95 Å². The van der Waals surface area contributed by atoms with Gasteiger partial charge in [-0.2, -0.15) is 10.5 Å². The highest BCUT2D eigenvalue weighted by atomic mass is 35.5. The molecule has 10 nitrogen and oxygen atoms in total. The van der Waals surface area contributed by atoms with Crippen LogP contribution >= 0.6 is 35.0 Å². The van der Waals surface area contributed by atoms with Gasteiger partial charge in [0.25, 0.3) is 5.69 Å². The van der Waals surface area contributed by atoms with Crippen LogP contribution in [0.3, 0.4) is 0 Å². The lowest BCUT2D eigenvalue weighted by Gasteiger charge is -2.11. The van der Waals surface area contributed by atoms with Crippen LogP contribution in [-0.4, -0.2) is 21.9 Å². The first-order valence-corrected chi connectivity index (χ1v) is 10.1. The minimum atomic E-state index is -0.854. The molecule has 0 atom stereocenters. The number of rotatable bonds is 5. The first-order valence-electron chi connectivity index (χ1n) is 8.31. The fourth-order valence-corrected chi connectivity index (χ4v) is 3.88. The number of amides is 1. The highest BCUT2D eigenvalue weighted by molar-refractivity contribution is 8.00. The van der Waals surface area contributed by atoms with Crippen molar-refractivity contribution in [2.75, 3.05) is 16.8 Å². The van der Waals surface area contributed by atoms with Crippen LogP contribution in [0.25, 0.3) is 11.3 Å². The summed E-state index contributed by atoms with van der Waals surface area (Å²) in [5, 5.41) is 38.1. The number of aromatic nitrogens is 3. The quantitative estimate of drug-likeness (QED) is 0.413. The molecule has 0 saturated heterocycles. The molecule has 3 rings (SSSR count). The molecule has 3 aromatic rings. The van der Waals surface area contributed by atoms with Crippen molar-refractivity contribution in [2.24, 2.45) is 7.05 Å². The van der Waals surface area contributed by atoms with Gasteiger partial charge >= 0.3 is 0 Å². The first kappa shape index (κ1) is 22.2. The van der Waals surface area contributed by atoms with E-state index in [4.69, 9.17) is 28.9 Å². The maximum atomic E-state index is 12.4. The van der Waals surface area contributed by atoms with Crippen molar-refractivity contribution in [3.63, 3.8) is 0 Å².